The van der Waals surface area contributed by atoms with Crippen molar-refractivity contribution in [2.24, 2.45) is 0 Å². The fourth-order valence-electron chi connectivity index (χ4n) is 10.4. The van der Waals surface area contributed by atoms with E-state index in [0.29, 0.717) is 12.8 Å². The lowest BCUT2D eigenvalue weighted by molar-refractivity contribution is -0.379. The molecule has 1 amide bonds. The SMILES string of the molecule is CC/C=C\C/C=C\C/C=C\C/C=C\CCCCCCCCCCCCCCCCCCC(=O)NC(COC1OC(CO)C(OC2OC(CO)C(OC3OC(CO)C(O)C(O)C3O)C(O)C2O)C(O)C1O)C(O)/C=C/CC/C=C/CC/C=C/CCC. The molecule has 19 heteroatoms. The van der Waals surface area contributed by atoms with Crippen molar-refractivity contribution in [3.05, 3.63) is 85.1 Å². The van der Waals surface area contributed by atoms with Gasteiger partial charge in [-0.15, -0.1) is 0 Å². The molecule has 0 aromatic rings. The van der Waals surface area contributed by atoms with Crippen molar-refractivity contribution < 1.29 is 89.4 Å². The quantitative estimate of drug-likeness (QED) is 0.0213. The van der Waals surface area contributed by atoms with Crippen LogP contribution < -0.4 is 5.32 Å². The Morgan fingerprint density at radius 2 is 0.824 bits per heavy atom. The molecule has 85 heavy (non-hydrogen) atoms. The van der Waals surface area contributed by atoms with Gasteiger partial charge < -0.3 is 89.9 Å². The van der Waals surface area contributed by atoms with Gasteiger partial charge in [0.2, 0.25) is 5.91 Å². The summed E-state index contributed by atoms with van der Waals surface area (Å²) < 4.78 is 34.2. The zero-order valence-electron chi connectivity index (χ0n) is 51.3. The molecule has 0 aromatic carbocycles. The van der Waals surface area contributed by atoms with Crippen LogP contribution in [0.5, 0.6) is 0 Å². The van der Waals surface area contributed by atoms with Crippen molar-refractivity contribution in [3.63, 3.8) is 0 Å². The van der Waals surface area contributed by atoms with Gasteiger partial charge in [-0.05, 0) is 77.0 Å². The topological polar surface area (TPSA) is 307 Å². The van der Waals surface area contributed by atoms with E-state index in [9.17, 15) is 61.0 Å². The van der Waals surface area contributed by atoms with Crippen LogP contribution in [0.1, 0.15) is 194 Å². The highest BCUT2D eigenvalue weighted by Gasteiger charge is 2.53. The zero-order valence-corrected chi connectivity index (χ0v) is 51.3. The second kappa shape index (κ2) is 47.9. The molecule has 0 aliphatic carbocycles. The largest absolute Gasteiger partial charge is 0.394 e. The molecule has 17 atom stereocenters. The van der Waals surface area contributed by atoms with Gasteiger partial charge in [-0.3, -0.25) is 4.79 Å². The van der Waals surface area contributed by atoms with Crippen LogP contribution >= 0.6 is 0 Å². The van der Waals surface area contributed by atoms with E-state index in [2.05, 4.69) is 92.1 Å². The minimum absolute atomic E-state index is 0.228. The third-order valence-electron chi connectivity index (χ3n) is 15.6. The fraction of sp³-hybridized carbons (Fsp3) is 0.773. The van der Waals surface area contributed by atoms with Crippen molar-refractivity contribution in [1.82, 2.24) is 5.32 Å². The summed E-state index contributed by atoms with van der Waals surface area (Å²) in [6.45, 7) is 1.49. The highest BCUT2D eigenvalue weighted by atomic mass is 16.8. The smallest absolute Gasteiger partial charge is 0.220 e. The fourth-order valence-corrected chi connectivity index (χ4v) is 10.4. The van der Waals surface area contributed by atoms with Gasteiger partial charge in [-0.2, -0.15) is 0 Å². The third kappa shape index (κ3) is 30.8. The number of rotatable bonds is 47. The van der Waals surface area contributed by atoms with Crippen LogP contribution in [0, 0.1) is 0 Å². The summed E-state index contributed by atoms with van der Waals surface area (Å²) in [4.78, 5) is 13.3. The summed E-state index contributed by atoms with van der Waals surface area (Å²) >= 11 is 0. The van der Waals surface area contributed by atoms with Gasteiger partial charge >= 0.3 is 0 Å². The van der Waals surface area contributed by atoms with Crippen LogP contribution in [-0.2, 0) is 33.2 Å². The standard InChI is InChI=1S/C66H113NO18/c1-3-5-7-9-11-13-15-16-17-18-19-20-21-22-23-24-25-26-27-28-29-30-31-32-34-36-38-40-42-44-54(72)67-49(50(71)43-41-39-37-35-33-14-12-10-8-6-4-2)48-80-64-60(78)57(75)62(52(46-69)82-64)85-66-61(79)58(76)63(53(47-70)83-66)84-65-59(77)56(74)55(73)51(45-68)81-65/h5,7-8,10-11,13,16-17,19-20,33,35,41,43,49-53,55-66,68-71,73-79H,3-4,6,9,12,14-15,18,21-32,34,36-40,42,44-48H2,1-2H3,(H,67,72)/b7-5-,10-8+,13-11-,17-16-,20-19-,35-33+,43-41+. The summed E-state index contributed by atoms with van der Waals surface area (Å²) in [6, 6.07) is -0.998. The van der Waals surface area contributed by atoms with Gasteiger partial charge in [0.05, 0.1) is 38.6 Å². The summed E-state index contributed by atoms with van der Waals surface area (Å²) in [7, 11) is 0. The van der Waals surface area contributed by atoms with Gasteiger partial charge in [0.15, 0.2) is 18.9 Å². The number of amides is 1. The zero-order chi connectivity index (χ0) is 61.9. The predicted molar refractivity (Wildman–Crippen MR) is 328 cm³/mol. The number of carbonyl (C=O) groups excluding carboxylic acids is 1. The Hall–Kier alpha value is -3.03. The number of aliphatic hydroxyl groups is 11. The van der Waals surface area contributed by atoms with Crippen molar-refractivity contribution in [2.75, 3.05) is 26.4 Å². The minimum Gasteiger partial charge on any atom is -0.394 e. The van der Waals surface area contributed by atoms with Crippen LogP contribution in [-0.4, -0.2) is 193 Å². The normalized spacial score (nSPS) is 29.5. The van der Waals surface area contributed by atoms with E-state index in [4.69, 9.17) is 28.4 Å². The van der Waals surface area contributed by atoms with Gasteiger partial charge in [-0.1, -0.05) is 195 Å². The monoisotopic (exact) mass is 1210 g/mol. The molecule has 0 radical (unpaired) electrons. The molecule has 19 nitrogen and oxygen atoms in total. The molecule has 0 aromatic heterocycles. The van der Waals surface area contributed by atoms with Crippen molar-refractivity contribution in [1.29, 1.82) is 0 Å². The molecule has 12 N–H and O–H groups in total. The Morgan fingerprint density at radius 3 is 1.31 bits per heavy atom. The highest BCUT2D eigenvalue weighted by molar-refractivity contribution is 5.76. The van der Waals surface area contributed by atoms with Crippen molar-refractivity contribution in [3.8, 4) is 0 Å². The minimum atomic E-state index is -1.98. The summed E-state index contributed by atoms with van der Waals surface area (Å²) in [6.07, 6.45) is 33.0. The second-order valence-corrected chi connectivity index (χ2v) is 22.8. The number of aliphatic hydroxyl groups excluding tert-OH is 11. The van der Waals surface area contributed by atoms with Gasteiger partial charge in [0.1, 0.15) is 73.2 Å². The number of unbranched alkanes of at least 4 members (excludes halogenated alkanes) is 19. The van der Waals surface area contributed by atoms with Crippen LogP contribution in [0.3, 0.4) is 0 Å². The molecule has 3 rings (SSSR count). The summed E-state index contributed by atoms with van der Waals surface area (Å²) in [5.41, 5.74) is 0. The first-order valence-electron chi connectivity index (χ1n) is 32.3. The van der Waals surface area contributed by atoms with E-state index < -0.39 is 124 Å². The Labute approximate surface area is 508 Å². The molecule has 490 valence electrons. The highest BCUT2D eigenvalue weighted by Crippen LogP contribution is 2.33. The number of allylic oxidation sites excluding steroid dienone is 13. The first-order valence-corrected chi connectivity index (χ1v) is 32.3. The van der Waals surface area contributed by atoms with Gasteiger partial charge in [-0.25, -0.2) is 0 Å². The molecule has 3 heterocycles. The van der Waals surface area contributed by atoms with Crippen LogP contribution in [0.2, 0.25) is 0 Å². The van der Waals surface area contributed by atoms with E-state index in [0.717, 1.165) is 77.0 Å². The Morgan fingerprint density at radius 1 is 0.435 bits per heavy atom. The van der Waals surface area contributed by atoms with Crippen LogP contribution in [0.15, 0.2) is 85.1 Å². The number of hydrogen-bond donors (Lipinski definition) is 12. The average molecular weight is 1210 g/mol. The molecule has 0 bridgehead atoms. The molecule has 3 fully saturated rings. The molecule has 0 spiro atoms. The maximum Gasteiger partial charge on any atom is 0.220 e. The Bertz CT molecular complexity index is 1880. The van der Waals surface area contributed by atoms with Crippen LogP contribution in [0.25, 0.3) is 0 Å². The van der Waals surface area contributed by atoms with E-state index in [-0.39, 0.29) is 18.9 Å². The van der Waals surface area contributed by atoms with E-state index in [1.165, 1.54) is 83.5 Å². The third-order valence-corrected chi connectivity index (χ3v) is 15.6. The Kier molecular flexibility index (Phi) is 43.0. The number of nitrogens with one attached hydrogen (secondary N) is 1. The molecular weight excluding hydrogens is 1090 g/mol. The van der Waals surface area contributed by atoms with Crippen molar-refractivity contribution in [2.45, 2.75) is 298 Å². The van der Waals surface area contributed by atoms with Crippen LogP contribution in [0.4, 0.5) is 0 Å². The van der Waals surface area contributed by atoms with Gasteiger partial charge in [0, 0.05) is 6.42 Å². The van der Waals surface area contributed by atoms with Crippen molar-refractivity contribution >= 4 is 5.91 Å². The lowest BCUT2D eigenvalue weighted by Crippen LogP contribution is -2.66. The van der Waals surface area contributed by atoms with E-state index in [1.807, 2.05) is 6.08 Å². The molecule has 17 unspecified atom stereocenters. The van der Waals surface area contributed by atoms with E-state index >= 15 is 0 Å². The number of carbonyl (C=O) groups is 1. The Balaban J connectivity index is 1.39. The maximum atomic E-state index is 13.3. The molecule has 3 aliphatic heterocycles. The first kappa shape index (κ1) is 76.2. The molecule has 3 aliphatic rings. The predicted octanol–water partition coefficient (Wildman–Crippen LogP) is 7.15. The summed E-state index contributed by atoms with van der Waals surface area (Å²) in [5.74, 6) is -0.295. The summed E-state index contributed by atoms with van der Waals surface area (Å²) in [5, 5.41) is 120. The molecular formula is C66H113NO18. The number of ether oxygens (including phenoxy) is 6. The van der Waals surface area contributed by atoms with E-state index in [1.54, 1.807) is 6.08 Å². The number of hydrogen-bond acceptors (Lipinski definition) is 18. The molecule has 0 saturated carbocycles. The average Bonchev–Trinajstić information content (AvgIpc) is 3.05. The second-order valence-electron chi connectivity index (χ2n) is 22.8. The lowest BCUT2D eigenvalue weighted by Gasteiger charge is -2.48. The maximum absolute atomic E-state index is 13.3. The van der Waals surface area contributed by atoms with Gasteiger partial charge in [0.25, 0.3) is 0 Å². The lowest BCUT2D eigenvalue weighted by atomic mass is 9.96. The molecule has 3 saturated heterocycles. The first-order chi connectivity index (χ1) is 41.3.